The topological polar surface area (TPSA) is 52.6 Å². The molecule has 90 valence electrons. The van der Waals surface area contributed by atoms with E-state index in [0.29, 0.717) is 26.1 Å². The molecule has 0 N–H and O–H groups in total. The molecular formula is C12H18O4. The van der Waals surface area contributed by atoms with Crippen molar-refractivity contribution in [3.8, 4) is 0 Å². The molecule has 0 aliphatic heterocycles. The van der Waals surface area contributed by atoms with Gasteiger partial charge in [-0.1, -0.05) is 12.2 Å². The summed E-state index contributed by atoms with van der Waals surface area (Å²) in [4.78, 5) is 23.3. The highest BCUT2D eigenvalue weighted by Crippen LogP contribution is 2.27. The fourth-order valence-electron chi connectivity index (χ4n) is 1.83. The van der Waals surface area contributed by atoms with E-state index in [1.807, 2.05) is 12.2 Å². The minimum atomic E-state index is -0.385. The van der Waals surface area contributed by atoms with Crippen LogP contribution in [0.2, 0.25) is 0 Å². The molecule has 0 saturated heterocycles. The van der Waals surface area contributed by atoms with Gasteiger partial charge in [0.25, 0.3) is 0 Å². The smallest absolute Gasteiger partial charge is 0.310 e. The van der Waals surface area contributed by atoms with Crippen molar-refractivity contribution in [2.45, 2.75) is 26.7 Å². The van der Waals surface area contributed by atoms with Crippen LogP contribution in [0, 0.1) is 11.8 Å². The van der Waals surface area contributed by atoms with Crippen LogP contribution < -0.4 is 0 Å². The lowest BCUT2D eigenvalue weighted by Gasteiger charge is -2.24. The first kappa shape index (κ1) is 12.7. The highest BCUT2D eigenvalue weighted by atomic mass is 16.5. The van der Waals surface area contributed by atoms with E-state index < -0.39 is 0 Å². The Kier molecular flexibility index (Phi) is 5.02. The number of ether oxygens (including phenoxy) is 2. The standard InChI is InChI=1S/C12H18O4/c1-3-15-11(13)9-7-5-6-8-10(9)12(14)16-4-2/h5-6,9-10H,3-4,7-8H2,1-2H3/t9-,10-/m1/s1. The Morgan fingerprint density at radius 2 is 1.38 bits per heavy atom. The molecule has 16 heavy (non-hydrogen) atoms. The van der Waals surface area contributed by atoms with E-state index in [0.717, 1.165) is 0 Å². The van der Waals surface area contributed by atoms with E-state index in [4.69, 9.17) is 9.47 Å². The lowest BCUT2D eigenvalue weighted by molar-refractivity contribution is -0.160. The normalized spacial score (nSPS) is 23.9. The third-order valence-corrected chi connectivity index (χ3v) is 2.61. The summed E-state index contributed by atoms with van der Waals surface area (Å²) in [6, 6.07) is 0. The van der Waals surface area contributed by atoms with Crippen LogP contribution in [0.5, 0.6) is 0 Å². The highest BCUT2D eigenvalue weighted by molar-refractivity contribution is 5.82. The summed E-state index contributed by atoms with van der Waals surface area (Å²) >= 11 is 0. The van der Waals surface area contributed by atoms with Gasteiger partial charge < -0.3 is 9.47 Å². The van der Waals surface area contributed by atoms with Crippen LogP contribution in [0.15, 0.2) is 12.2 Å². The van der Waals surface area contributed by atoms with Gasteiger partial charge in [0, 0.05) is 0 Å². The van der Waals surface area contributed by atoms with Crippen molar-refractivity contribution in [2.75, 3.05) is 13.2 Å². The average Bonchev–Trinajstić information content (AvgIpc) is 2.30. The molecule has 0 aromatic rings. The van der Waals surface area contributed by atoms with Crippen LogP contribution in [-0.4, -0.2) is 25.2 Å². The molecule has 0 heterocycles. The predicted molar refractivity (Wildman–Crippen MR) is 58.6 cm³/mol. The zero-order chi connectivity index (χ0) is 12.0. The summed E-state index contributed by atoms with van der Waals surface area (Å²) in [7, 11) is 0. The summed E-state index contributed by atoms with van der Waals surface area (Å²) in [5.74, 6) is -1.37. The van der Waals surface area contributed by atoms with E-state index in [2.05, 4.69) is 0 Å². The highest BCUT2D eigenvalue weighted by Gasteiger charge is 2.35. The second-order valence-electron chi connectivity index (χ2n) is 3.66. The third kappa shape index (κ3) is 3.08. The first-order chi connectivity index (χ1) is 7.70. The maximum atomic E-state index is 11.7. The first-order valence-corrected chi connectivity index (χ1v) is 5.69. The van der Waals surface area contributed by atoms with Crippen LogP contribution in [0.4, 0.5) is 0 Å². The van der Waals surface area contributed by atoms with Gasteiger partial charge in [-0.05, 0) is 26.7 Å². The summed E-state index contributed by atoms with van der Waals surface area (Å²) in [6.07, 6.45) is 4.94. The van der Waals surface area contributed by atoms with Gasteiger partial charge in [0.1, 0.15) is 0 Å². The first-order valence-electron chi connectivity index (χ1n) is 5.69. The van der Waals surface area contributed by atoms with Crippen molar-refractivity contribution in [3.05, 3.63) is 12.2 Å². The Morgan fingerprint density at radius 3 is 1.69 bits per heavy atom. The average molecular weight is 226 g/mol. The Balaban J connectivity index is 2.68. The molecule has 0 aromatic heterocycles. The molecule has 2 atom stereocenters. The molecular weight excluding hydrogens is 208 g/mol. The second-order valence-corrected chi connectivity index (χ2v) is 3.66. The minimum absolute atomic E-state index is 0.301. The Labute approximate surface area is 95.6 Å². The van der Waals surface area contributed by atoms with Crippen LogP contribution in [-0.2, 0) is 19.1 Å². The maximum Gasteiger partial charge on any atom is 0.310 e. The predicted octanol–water partition coefficient (Wildman–Crippen LogP) is 1.70. The van der Waals surface area contributed by atoms with E-state index in [9.17, 15) is 9.59 Å². The van der Waals surface area contributed by atoms with Gasteiger partial charge in [0.2, 0.25) is 0 Å². The fraction of sp³-hybridized carbons (Fsp3) is 0.667. The number of carbonyl (C=O) groups is 2. The van der Waals surface area contributed by atoms with Gasteiger partial charge in [-0.25, -0.2) is 0 Å². The van der Waals surface area contributed by atoms with Crippen molar-refractivity contribution in [3.63, 3.8) is 0 Å². The summed E-state index contributed by atoms with van der Waals surface area (Å²) in [5, 5.41) is 0. The molecule has 0 fully saturated rings. The molecule has 0 spiro atoms. The van der Waals surface area contributed by atoms with E-state index in [1.165, 1.54) is 0 Å². The zero-order valence-corrected chi connectivity index (χ0v) is 9.77. The minimum Gasteiger partial charge on any atom is -0.466 e. The van der Waals surface area contributed by atoms with Crippen LogP contribution >= 0.6 is 0 Å². The Bertz CT molecular complexity index is 255. The fourth-order valence-corrected chi connectivity index (χ4v) is 1.83. The SMILES string of the molecule is CCOC(=O)[C@@H]1CC=CC[C@H]1C(=O)OCC. The van der Waals surface area contributed by atoms with Crippen LogP contribution in [0.3, 0.4) is 0 Å². The summed E-state index contributed by atoms with van der Waals surface area (Å²) < 4.78 is 9.92. The third-order valence-electron chi connectivity index (χ3n) is 2.61. The second kappa shape index (κ2) is 6.30. The van der Waals surface area contributed by atoms with Gasteiger partial charge in [0.05, 0.1) is 25.0 Å². The molecule has 4 nitrogen and oxygen atoms in total. The van der Waals surface area contributed by atoms with Crippen molar-refractivity contribution in [1.29, 1.82) is 0 Å². The molecule has 0 bridgehead atoms. The molecule has 1 aliphatic carbocycles. The number of esters is 2. The zero-order valence-electron chi connectivity index (χ0n) is 9.77. The molecule has 1 rings (SSSR count). The Morgan fingerprint density at radius 1 is 1.00 bits per heavy atom. The molecule has 0 aromatic carbocycles. The van der Waals surface area contributed by atoms with E-state index in [1.54, 1.807) is 13.8 Å². The summed E-state index contributed by atoms with van der Waals surface area (Å²) in [5.41, 5.74) is 0. The van der Waals surface area contributed by atoms with Gasteiger partial charge in [0.15, 0.2) is 0 Å². The monoisotopic (exact) mass is 226 g/mol. The molecule has 1 aliphatic rings. The van der Waals surface area contributed by atoms with Crippen molar-refractivity contribution in [2.24, 2.45) is 11.8 Å². The van der Waals surface area contributed by atoms with Crippen molar-refractivity contribution < 1.29 is 19.1 Å². The molecule has 0 saturated carbocycles. The van der Waals surface area contributed by atoms with Crippen molar-refractivity contribution >= 4 is 11.9 Å². The quantitative estimate of drug-likeness (QED) is 0.540. The Hall–Kier alpha value is -1.32. The van der Waals surface area contributed by atoms with Crippen LogP contribution in [0.25, 0.3) is 0 Å². The molecule has 0 unspecified atom stereocenters. The van der Waals surface area contributed by atoms with E-state index in [-0.39, 0.29) is 23.8 Å². The number of allylic oxidation sites excluding steroid dienone is 2. The van der Waals surface area contributed by atoms with E-state index >= 15 is 0 Å². The molecule has 0 amide bonds. The largest absolute Gasteiger partial charge is 0.466 e. The number of rotatable bonds is 4. The number of hydrogen-bond donors (Lipinski definition) is 0. The van der Waals surface area contributed by atoms with Gasteiger partial charge in [-0.15, -0.1) is 0 Å². The lowest BCUT2D eigenvalue weighted by atomic mass is 9.83. The van der Waals surface area contributed by atoms with Crippen LogP contribution in [0.1, 0.15) is 26.7 Å². The number of carbonyl (C=O) groups excluding carboxylic acids is 2. The summed E-state index contributed by atoms with van der Waals surface area (Å²) in [6.45, 7) is 4.20. The molecule has 0 radical (unpaired) electrons. The lowest BCUT2D eigenvalue weighted by Crippen LogP contribution is -2.33. The molecule has 4 heteroatoms. The van der Waals surface area contributed by atoms with Gasteiger partial charge in [-0.3, -0.25) is 9.59 Å². The van der Waals surface area contributed by atoms with Crippen molar-refractivity contribution in [1.82, 2.24) is 0 Å². The maximum absolute atomic E-state index is 11.7. The van der Waals surface area contributed by atoms with Gasteiger partial charge >= 0.3 is 11.9 Å². The van der Waals surface area contributed by atoms with Gasteiger partial charge in [-0.2, -0.15) is 0 Å². The number of hydrogen-bond acceptors (Lipinski definition) is 4.